The molecule has 14 heavy (non-hydrogen) atoms. The van der Waals surface area contributed by atoms with E-state index >= 15 is 0 Å². The predicted molar refractivity (Wildman–Crippen MR) is 43.6 cm³/mol. The van der Waals surface area contributed by atoms with Gasteiger partial charge in [-0.1, -0.05) is 0 Å². The summed E-state index contributed by atoms with van der Waals surface area (Å²) in [5.74, 6) is -2.10. The summed E-state index contributed by atoms with van der Waals surface area (Å²) in [4.78, 5) is 34.0. The molecule has 1 aliphatic heterocycles. The highest BCUT2D eigenvalue weighted by Crippen LogP contribution is 2.10. The second-order valence-corrected chi connectivity index (χ2v) is 3.24. The van der Waals surface area contributed by atoms with E-state index < -0.39 is 33.5 Å². The third-order valence-corrected chi connectivity index (χ3v) is 2.32. The molecule has 1 aliphatic rings. The van der Waals surface area contributed by atoms with E-state index in [0.717, 1.165) is 13.8 Å². The van der Waals surface area contributed by atoms with Crippen LogP contribution in [0.1, 0.15) is 20.8 Å². The fraction of sp³-hybridized carbons (Fsp3) is 0.571. The number of nitrogens with zero attached hydrogens (tertiary/aromatic N) is 1. The summed E-state index contributed by atoms with van der Waals surface area (Å²) in [5.41, 5.74) is 2.12. The van der Waals surface area contributed by atoms with Crippen LogP contribution in [0.4, 0.5) is 0 Å². The van der Waals surface area contributed by atoms with Crippen molar-refractivity contribution in [3.63, 3.8) is 0 Å². The standard InChI is InChI=1S/C7H12N3O4/c1-4-7(13)10(5(2)11,6(3)12)8-9(4)14/h4,8-9H,1-3H3/q+1. The minimum absolute atomic E-state index is 0.597. The molecule has 1 rings (SSSR count). The summed E-state index contributed by atoms with van der Waals surface area (Å²) in [6.45, 7) is 3.55. The van der Waals surface area contributed by atoms with Gasteiger partial charge < -0.3 is 5.21 Å². The average Bonchev–Trinajstić information content (AvgIpc) is 2.30. The predicted octanol–water partition coefficient (Wildman–Crippen LogP) is -2.37. The molecule has 1 fully saturated rings. The van der Waals surface area contributed by atoms with E-state index in [-0.39, 0.29) is 0 Å². The van der Waals surface area contributed by atoms with Gasteiger partial charge in [-0.05, 0) is 4.59 Å². The average molecular weight is 202 g/mol. The van der Waals surface area contributed by atoms with Crippen LogP contribution in [0.15, 0.2) is 0 Å². The monoisotopic (exact) mass is 202 g/mol. The maximum Gasteiger partial charge on any atom is 0.411 e. The summed E-state index contributed by atoms with van der Waals surface area (Å²) in [6.07, 6.45) is 0. The highest BCUT2D eigenvalue weighted by atomic mass is 16.6. The van der Waals surface area contributed by atoms with Gasteiger partial charge in [0.05, 0.1) is 13.8 Å². The van der Waals surface area contributed by atoms with E-state index in [0.29, 0.717) is 0 Å². The molecule has 0 saturated carbocycles. The Kier molecular flexibility index (Phi) is 2.50. The molecule has 2 unspecified atom stereocenters. The van der Waals surface area contributed by atoms with Crippen molar-refractivity contribution in [1.82, 2.24) is 5.53 Å². The van der Waals surface area contributed by atoms with Crippen LogP contribution in [0, 0.1) is 5.21 Å². The third-order valence-electron chi connectivity index (χ3n) is 2.32. The van der Waals surface area contributed by atoms with Gasteiger partial charge in [0.25, 0.3) is 0 Å². The SMILES string of the molecule is CC(=O)[N+]1(C(C)=O)N[NH+]([O-])C(C)C1=O. The van der Waals surface area contributed by atoms with Crippen molar-refractivity contribution in [1.29, 1.82) is 0 Å². The fourth-order valence-electron chi connectivity index (χ4n) is 1.41. The maximum atomic E-state index is 11.6. The van der Waals surface area contributed by atoms with Crippen molar-refractivity contribution in [3.8, 4) is 0 Å². The highest BCUT2D eigenvalue weighted by Gasteiger charge is 2.60. The van der Waals surface area contributed by atoms with Crippen molar-refractivity contribution in [2.45, 2.75) is 26.8 Å². The van der Waals surface area contributed by atoms with Crippen LogP contribution >= 0.6 is 0 Å². The minimum Gasteiger partial charge on any atom is -0.609 e. The van der Waals surface area contributed by atoms with Crippen LogP contribution in [0.3, 0.4) is 0 Å². The minimum atomic E-state index is -1.19. The highest BCUT2D eigenvalue weighted by molar-refractivity contribution is 5.97. The number of quaternary nitrogens is 2. The molecule has 0 aromatic rings. The Morgan fingerprint density at radius 2 is 1.86 bits per heavy atom. The zero-order valence-corrected chi connectivity index (χ0v) is 8.16. The molecular formula is C7H12N3O4+. The molecule has 3 amide bonds. The third kappa shape index (κ3) is 1.18. The Balaban J connectivity index is 3.21. The lowest BCUT2D eigenvalue weighted by atomic mass is 10.3. The summed E-state index contributed by atoms with van der Waals surface area (Å²) in [5, 5.41) is 10.6. The maximum absolute atomic E-state index is 11.6. The van der Waals surface area contributed by atoms with Gasteiger partial charge in [0.2, 0.25) is 6.04 Å². The number of amides is 3. The second-order valence-electron chi connectivity index (χ2n) is 3.24. The molecule has 0 spiro atoms. The lowest BCUT2D eigenvalue weighted by Gasteiger charge is -2.20. The normalized spacial score (nSPS) is 30.4. The first-order chi connectivity index (χ1) is 6.34. The van der Waals surface area contributed by atoms with Crippen molar-refractivity contribution in [3.05, 3.63) is 5.21 Å². The topological polar surface area (TPSA) is 90.7 Å². The molecule has 1 heterocycles. The Bertz CT molecular complexity index is 300. The molecule has 0 aliphatic carbocycles. The van der Waals surface area contributed by atoms with Crippen molar-refractivity contribution >= 4 is 17.7 Å². The lowest BCUT2D eigenvalue weighted by Crippen LogP contribution is -3.16. The van der Waals surface area contributed by atoms with E-state index in [4.69, 9.17) is 0 Å². The molecule has 78 valence electrons. The fourth-order valence-corrected chi connectivity index (χ4v) is 1.41. The number of rotatable bonds is 0. The summed E-state index contributed by atoms with van der Waals surface area (Å²) < 4.78 is -1.19. The number of hydrogen-bond donors (Lipinski definition) is 2. The van der Waals surface area contributed by atoms with Crippen molar-refractivity contribution in [2.75, 3.05) is 0 Å². The van der Waals surface area contributed by atoms with Crippen LogP contribution in [0.2, 0.25) is 0 Å². The van der Waals surface area contributed by atoms with Gasteiger partial charge in [-0.2, -0.15) is 0 Å². The number of hydroxylamine groups is 1. The molecule has 0 aromatic heterocycles. The van der Waals surface area contributed by atoms with E-state index in [1.54, 1.807) is 0 Å². The summed E-state index contributed by atoms with van der Waals surface area (Å²) in [7, 11) is 0. The first-order valence-corrected chi connectivity index (χ1v) is 4.12. The zero-order chi connectivity index (χ0) is 11.1. The van der Waals surface area contributed by atoms with Gasteiger partial charge in [0.1, 0.15) is 0 Å². The van der Waals surface area contributed by atoms with Gasteiger partial charge in [0.15, 0.2) is 0 Å². The molecular weight excluding hydrogens is 190 g/mol. The van der Waals surface area contributed by atoms with Crippen LogP contribution in [0.25, 0.3) is 0 Å². The summed E-state index contributed by atoms with van der Waals surface area (Å²) in [6, 6.07) is -0.956. The second kappa shape index (κ2) is 3.21. The van der Waals surface area contributed by atoms with Gasteiger partial charge in [-0.15, -0.1) is 0 Å². The molecule has 1 saturated heterocycles. The van der Waals surface area contributed by atoms with Crippen LogP contribution in [0.5, 0.6) is 0 Å². The molecule has 2 N–H and O–H groups in total. The Hall–Kier alpha value is -1.15. The smallest absolute Gasteiger partial charge is 0.411 e. The van der Waals surface area contributed by atoms with Crippen molar-refractivity contribution in [2.24, 2.45) is 0 Å². The molecule has 7 nitrogen and oxygen atoms in total. The van der Waals surface area contributed by atoms with Crippen LogP contribution < -0.4 is 10.7 Å². The Labute approximate surface area is 80.4 Å². The summed E-state index contributed by atoms with van der Waals surface area (Å²) >= 11 is 0. The molecule has 0 radical (unpaired) electrons. The Morgan fingerprint density at radius 3 is 2.00 bits per heavy atom. The molecule has 7 heteroatoms. The van der Waals surface area contributed by atoms with E-state index in [1.807, 2.05) is 0 Å². The van der Waals surface area contributed by atoms with E-state index in [1.165, 1.54) is 6.92 Å². The van der Waals surface area contributed by atoms with Gasteiger partial charge in [0, 0.05) is 12.5 Å². The van der Waals surface area contributed by atoms with E-state index in [9.17, 15) is 19.6 Å². The Morgan fingerprint density at radius 1 is 1.43 bits per heavy atom. The lowest BCUT2D eigenvalue weighted by molar-refractivity contribution is -1.02. The largest absolute Gasteiger partial charge is 0.609 e. The van der Waals surface area contributed by atoms with Crippen LogP contribution in [-0.2, 0) is 14.4 Å². The van der Waals surface area contributed by atoms with Crippen LogP contribution in [-0.4, -0.2) is 28.4 Å². The number of hydrogen-bond acceptors (Lipinski definition) is 5. The molecule has 2 atom stereocenters. The van der Waals surface area contributed by atoms with Crippen molar-refractivity contribution < 1.29 is 24.1 Å². The first kappa shape index (κ1) is 10.9. The number of nitrogens with one attached hydrogen (secondary N) is 2. The van der Waals surface area contributed by atoms with Gasteiger partial charge >= 0.3 is 17.7 Å². The first-order valence-electron chi connectivity index (χ1n) is 4.12. The number of carbonyl (C=O) groups excluding carboxylic acids is 3. The van der Waals surface area contributed by atoms with Gasteiger partial charge in [-0.3, -0.25) is 0 Å². The molecule has 0 aromatic carbocycles. The van der Waals surface area contributed by atoms with Gasteiger partial charge in [-0.25, -0.2) is 19.6 Å². The number of carbonyl (C=O) groups is 3. The molecule has 0 bridgehead atoms. The number of imide groups is 3. The zero-order valence-electron chi connectivity index (χ0n) is 8.16. The quantitative estimate of drug-likeness (QED) is 0.338. The van der Waals surface area contributed by atoms with E-state index in [2.05, 4.69) is 5.53 Å².